The van der Waals surface area contributed by atoms with Gasteiger partial charge in [-0.05, 0) is 29.8 Å². The topological polar surface area (TPSA) is 37.4 Å². The summed E-state index contributed by atoms with van der Waals surface area (Å²) in [5.41, 5.74) is 0.709. The zero-order valence-electron chi connectivity index (χ0n) is 10.8. The minimum atomic E-state index is -3.60. The maximum atomic E-state index is 13.8. The summed E-state index contributed by atoms with van der Waals surface area (Å²) in [6.45, 7) is 0.0281. The largest absolute Gasteiger partial charge is 0.263 e. The van der Waals surface area contributed by atoms with Crippen molar-refractivity contribution in [3.8, 4) is 0 Å². The van der Waals surface area contributed by atoms with Crippen LogP contribution in [-0.4, -0.2) is 14.7 Å². The summed E-state index contributed by atoms with van der Waals surface area (Å²) in [5, 5.41) is 0.504. The van der Waals surface area contributed by atoms with E-state index in [2.05, 4.69) is 0 Å². The first kappa shape index (κ1) is 14.8. The van der Waals surface area contributed by atoms with Crippen molar-refractivity contribution in [3.05, 3.63) is 64.9 Å². The third kappa shape index (κ3) is 3.49. The van der Waals surface area contributed by atoms with Gasteiger partial charge in [0.1, 0.15) is 5.82 Å². The van der Waals surface area contributed by atoms with E-state index < -0.39 is 15.8 Å². The Hall–Kier alpha value is -1.59. The molecule has 0 atom stereocenters. The van der Waals surface area contributed by atoms with Gasteiger partial charge in [0.2, 0.25) is 10.0 Å². The summed E-state index contributed by atoms with van der Waals surface area (Å²) >= 11 is 5.88. The third-order valence-corrected chi connectivity index (χ3v) is 4.10. The number of rotatable bonds is 4. The molecule has 0 unspecified atom stereocenters. The zero-order chi connectivity index (χ0) is 14.8. The molecular formula is C14H13ClFNO2S. The standard InChI is InChI=1S/C14H13ClFNO2S/c1-20(18,19)17(14-8-3-2-7-13(14)16)10-11-5-4-6-12(15)9-11/h2-9H,10H2,1H3. The van der Waals surface area contributed by atoms with E-state index in [-0.39, 0.29) is 12.2 Å². The van der Waals surface area contributed by atoms with Crippen LogP contribution in [0.5, 0.6) is 0 Å². The highest BCUT2D eigenvalue weighted by molar-refractivity contribution is 7.92. The molecular weight excluding hydrogens is 301 g/mol. The Bertz CT molecular complexity index is 719. The normalized spacial score (nSPS) is 11.3. The highest BCUT2D eigenvalue weighted by Crippen LogP contribution is 2.24. The summed E-state index contributed by atoms with van der Waals surface area (Å²) in [6, 6.07) is 12.6. The van der Waals surface area contributed by atoms with Gasteiger partial charge in [0.25, 0.3) is 0 Å². The van der Waals surface area contributed by atoms with Crippen LogP contribution in [0.2, 0.25) is 5.02 Å². The molecule has 0 aromatic heterocycles. The SMILES string of the molecule is CS(=O)(=O)N(Cc1cccc(Cl)c1)c1ccccc1F. The molecule has 0 spiro atoms. The minimum Gasteiger partial charge on any atom is -0.263 e. The lowest BCUT2D eigenvalue weighted by Gasteiger charge is -2.23. The Morgan fingerprint density at radius 2 is 1.85 bits per heavy atom. The summed E-state index contributed by atoms with van der Waals surface area (Å²) < 4.78 is 38.6. The number of benzene rings is 2. The highest BCUT2D eigenvalue weighted by Gasteiger charge is 2.20. The number of hydrogen-bond donors (Lipinski definition) is 0. The maximum absolute atomic E-state index is 13.8. The second kappa shape index (κ2) is 5.81. The van der Waals surface area contributed by atoms with E-state index in [9.17, 15) is 12.8 Å². The quantitative estimate of drug-likeness (QED) is 0.867. The van der Waals surface area contributed by atoms with Gasteiger partial charge in [-0.25, -0.2) is 12.8 Å². The average Bonchev–Trinajstić information content (AvgIpc) is 2.36. The van der Waals surface area contributed by atoms with Crippen LogP contribution in [0.15, 0.2) is 48.5 Å². The predicted octanol–water partition coefficient (Wildman–Crippen LogP) is 3.45. The third-order valence-electron chi connectivity index (χ3n) is 2.74. The first-order valence-corrected chi connectivity index (χ1v) is 8.07. The number of nitrogens with zero attached hydrogens (tertiary/aromatic N) is 1. The van der Waals surface area contributed by atoms with Gasteiger partial charge in [-0.1, -0.05) is 35.9 Å². The molecule has 106 valence electrons. The Kier molecular flexibility index (Phi) is 4.30. The van der Waals surface area contributed by atoms with Gasteiger partial charge in [0, 0.05) is 5.02 Å². The lowest BCUT2D eigenvalue weighted by molar-refractivity contribution is 0.590. The molecule has 0 amide bonds. The average molecular weight is 314 g/mol. The van der Waals surface area contributed by atoms with E-state index in [0.29, 0.717) is 10.6 Å². The van der Waals surface area contributed by atoms with E-state index in [4.69, 9.17) is 11.6 Å². The van der Waals surface area contributed by atoms with Crippen molar-refractivity contribution in [2.75, 3.05) is 10.6 Å². The van der Waals surface area contributed by atoms with E-state index in [1.807, 2.05) is 0 Å². The molecule has 0 saturated heterocycles. The Balaban J connectivity index is 2.43. The molecule has 0 fully saturated rings. The van der Waals surface area contributed by atoms with Crippen molar-refractivity contribution in [2.24, 2.45) is 0 Å². The van der Waals surface area contributed by atoms with Crippen molar-refractivity contribution in [2.45, 2.75) is 6.54 Å². The highest BCUT2D eigenvalue weighted by atomic mass is 35.5. The minimum absolute atomic E-state index is 0.0231. The summed E-state index contributed by atoms with van der Waals surface area (Å²) in [4.78, 5) is 0. The van der Waals surface area contributed by atoms with Gasteiger partial charge >= 0.3 is 0 Å². The van der Waals surface area contributed by atoms with Crippen molar-refractivity contribution in [1.82, 2.24) is 0 Å². The summed E-state index contributed by atoms with van der Waals surface area (Å²) in [7, 11) is -3.60. The fourth-order valence-electron chi connectivity index (χ4n) is 1.84. The van der Waals surface area contributed by atoms with Gasteiger partial charge in [-0.15, -0.1) is 0 Å². The molecule has 0 aliphatic heterocycles. The molecule has 6 heteroatoms. The van der Waals surface area contributed by atoms with Crippen LogP contribution in [0.3, 0.4) is 0 Å². The van der Waals surface area contributed by atoms with Crippen LogP contribution in [0.25, 0.3) is 0 Å². The fraction of sp³-hybridized carbons (Fsp3) is 0.143. The van der Waals surface area contributed by atoms with Crippen LogP contribution < -0.4 is 4.31 Å². The molecule has 0 radical (unpaired) electrons. The smallest absolute Gasteiger partial charge is 0.232 e. The first-order chi connectivity index (χ1) is 9.38. The van der Waals surface area contributed by atoms with E-state index in [1.165, 1.54) is 18.2 Å². The van der Waals surface area contributed by atoms with Crippen molar-refractivity contribution < 1.29 is 12.8 Å². The maximum Gasteiger partial charge on any atom is 0.232 e. The van der Waals surface area contributed by atoms with Gasteiger partial charge in [0.15, 0.2) is 0 Å². The molecule has 2 aromatic rings. The Labute approximate surface area is 122 Å². The molecule has 2 rings (SSSR count). The molecule has 0 N–H and O–H groups in total. The molecule has 3 nitrogen and oxygen atoms in total. The summed E-state index contributed by atoms with van der Waals surface area (Å²) in [5.74, 6) is -0.583. The lowest BCUT2D eigenvalue weighted by Crippen LogP contribution is -2.30. The number of anilines is 1. The van der Waals surface area contributed by atoms with Crippen LogP contribution in [0.4, 0.5) is 10.1 Å². The summed E-state index contributed by atoms with van der Waals surface area (Å²) in [6.07, 6.45) is 1.05. The van der Waals surface area contributed by atoms with Crippen LogP contribution in [-0.2, 0) is 16.6 Å². The second-order valence-electron chi connectivity index (χ2n) is 4.35. The second-order valence-corrected chi connectivity index (χ2v) is 6.69. The molecule has 2 aromatic carbocycles. The fourth-order valence-corrected chi connectivity index (χ4v) is 2.94. The Morgan fingerprint density at radius 3 is 2.45 bits per heavy atom. The van der Waals surface area contributed by atoms with Gasteiger partial charge < -0.3 is 0 Å². The molecule has 20 heavy (non-hydrogen) atoms. The number of para-hydroxylation sites is 1. The van der Waals surface area contributed by atoms with E-state index in [0.717, 1.165) is 10.6 Å². The zero-order valence-corrected chi connectivity index (χ0v) is 12.3. The van der Waals surface area contributed by atoms with E-state index >= 15 is 0 Å². The number of halogens is 2. The monoisotopic (exact) mass is 313 g/mol. The van der Waals surface area contributed by atoms with E-state index in [1.54, 1.807) is 30.3 Å². The van der Waals surface area contributed by atoms with Gasteiger partial charge in [-0.2, -0.15) is 0 Å². The van der Waals surface area contributed by atoms with Crippen LogP contribution >= 0.6 is 11.6 Å². The van der Waals surface area contributed by atoms with Gasteiger partial charge in [0.05, 0.1) is 18.5 Å². The number of sulfonamides is 1. The predicted molar refractivity (Wildman–Crippen MR) is 78.9 cm³/mol. The first-order valence-electron chi connectivity index (χ1n) is 5.84. The van der Waals surface area contributed by atoms with Crippen molar-refractivity contribution in [3.63, 3.8) is 0 Å². The molecule has 0 saturated carbocycles. The van der Waals surface area contributed by atoms with Crippen LogP contribution in [0, 0.1) is 5.82 Å². The van der Waals surface area contributed by atoms with Crippen LogP contribution in [0.1, 0.15) is 5.56 Å². The molecule has 0 bridgehead atoms. The number of hydrogen-bond acceptors (Lipinski definition) is 2. The Morgan fingerprint density at radius 1 is 1.15 bits per heavy atom. The molecule has 0 aliphatic carbocycles. The lowest BCUT2D eigenvalue weighted by atomic mass is 10.2. The molecule has 0 aliphatic rings. The van der Waals surface area contributed by atoms with Crippen molar-refractivity contribution in [1.29, 1.82) is 0 Å². The van der Waals surface area contributed by atoms with Gasteiger partial charge in [-0.3, -0.25) is 4.31 Å². The van der Waals surface area contributed by atoms with Crippen molar-refractivity contribution >= 4 is 27.3 Å². The molecule has 0 heterocycles.